The molecule has 0 radical (unpaired) electrons. The Morgan fingerprint density at radius 2 is 1.69 bits per heavy atom. The van der Waals surface area contributed by atoms with E-state index < -0.39 is 0 Å². The number of nitrogens with one attached hydrogen (secondary N) is 1. The van der Waals surface area contributed by atoms with Gasteiger partial charge in [-0.05, 0) is 57.2 Å². The van der Waals surface area contributed by atoms with Gasteiger partial charge in [-0.25, -0.2) is 4.98 Å². The molecule has 0 spiro atoms. The second-order valence-electron chi connectivity index (χ2n) is 6.67. The van der Waals surface area contributed by atoms with Crippen molar-refractivity contribution in [1.82, 2.24) is 14.5 Å². The van der Waals surface area contributed by atoms with Gasteiger partial charge in [-0.2, -0.15) is 0 Å². The van der Waals surface area contributed by atoms with Crippen molar-refractivity contribution in [3.63, 3.8) is 0 Å². The lowest BCUT2D eigenvalue weighted by Gasteiger charge is -2.18. The number of aryl methyl sites for hydroxylation is 1. The smallest absolute Gasteiger partial charge is 0.261 e. The zero-order chi connectivity index (χ0) is 21.0. The van der Waals surface area contributed by atoms with Crippen LogP contribution in [-0.4, -0.2) is 39.4 Å². The third-order valence-corrected chi connectivity index (χ3v) is 4.82. The van der Waals surface area contributed by atoms with Gasteiger partial charge in [0.1, 0.15) is 12.4 Å². The number of nitrogens with zero attached hydrogens (tertiary/aromatic N) is 3. The molecular formula is C22H24N4O3. The Labute approximate surface area is 169 Å². The molecule has 0 bridgehead atoms. The Bertz CT molecular complexity index is 1100. The lowest BCUT2D eigenvalue weighted by molar-refractivity contribution is -0.116. The summed E-state index contributed by atoms with van der Waals surface area (Å²) in [7, 11) is 0. The molecule has 7 nitrogen and oxygen atoms in total. The van der Waals surface area contributed by atoms with Crippen molar-refractivity contribution in [1.29, 1.82) is 0 Å². The maximum atomic E-state index is 12.7. The minimum Gasteiger partial charge on any atom is -0.339 e. The second-order valence-corrected chi connectivity index (χ2v) is 6.67. The van der Waals surface area contributed by atoms with Crippen molar-refractivity contribution in [2.24, 2.45) is 0 Å². The number of fused-ring (bicyclic) bond motifs is 1. The Kier molecular flexibility index (Phi) is 6.07. The fraction of sp³-hybridized carbons (Fsp3) is 0.273. The number of rotatable bonds is 6. The van der Waals surface area contributed by atoms with E-state index >= 15 is 0 Å². The molecule has 0 saturated carbocycles. The van der Waals surface area contributed by atoms with Crippen molar-refractivity contribution >= 4 is 28.4 Å². The summed E-state index contributed by atoms with van der Waals surface area (Å²) in [5, 5.41) is 3.24. The van der Waals surface area contributed by atoms with E-state index in [9.17, 15) is 14.4 Å². The number of hydrogen-bond acceptors (Lipinski definition) is 4. The van der Waals surface area contributed by atoms with Crippen molar-refractivity contribution < 1.29 is 9.59 Å². The highest BCUT2D eigenvalue weighted by molar-refractivity contribution is 5.95. The normalized spacial score (nSPS) is 10.7. The molecule has 2 amide bonds. The quantitative estimate of drug-likeness (QED) is 0.699. The van der Waals surface area contributed by atoms with Gasteiger partial charge in [-0.15, -0.1) is 0 Å². The van der Waals surface area contributed by atoms with Crippen LogP contribution in [0.3, 0.4) is 0 Å². The third-order valence-electron chi connectivity index (χ3n) is 4.82. The molecule has 0 aliphatic carbocycles. The van der Waals surface area contributed by atoms with Gasteiger partial charge >= 0.3 is 0 Å². The van der Waals surface area contributed by atoms with Crippen LogP contribution in [0.4, 0.5) is 5.69 Å². The average Bonchev–Trinajstić information content (AvgIpc) is 2.72. The largest absolute Gasteiger partial charge is 0.339 e. The van der Waals surface area contributed by atoms with Crippen molar-refractivity contribution in [2.45, 2.75) is 27.3 Å². The first-order chi connectivity index (χ1) is 13.9. The van der Waals surface area contributed by atoms with Gasteiger partial charge in [-0.1, -0.05) is 12.1 Å². The Hall–Kier alpha value is -3.48. The molecule has 2 aromatic carbocycles. The number of amides is 2. The van der Waals surface area contributed by atoms with Crippen molar-refractivity contribution in [3.8, 4) is 0 Å². The lowest BCUT2D eigenvalue weighted by atomic mass is 10.1. The lowest BCUT2D eigenvalue weighted by Crippen LogP contribution is -2.30. The van der Waals surface area contributed by atoms with Gasteiger partial charge < -0.3 is 10.2 Å². The molecule has 1 aromatic heterocycles. The number of benzene rings is 2. The van der Waals surface area contributed by atoms with Gasteiger partial charge in [-0.3, -0.25) is 19.0 Å². The SMILES string of the molecule is CCN(CC)C(=O)c1ccc(NC(=O)Cn2c(C)nc3ccccc3c2=O)cc1. The maximum absolute atomic E-state index is 12.7. The summed E-state index contributed by atoms with van der Waals surface area (Å²) in [6.07, 6.45) is 0. The molecule has 29 heavy (non-hydrogen) atoms. The summed E-state index contributed by atoms with van der Waals surface area (Å²) in [4.78, 5) is 43.6. The van der Waals surface area contributed by atoms with Crippen molar-refractivity contribution in [2.75, 3.05) is 18.4 Å². The minimum absolute atomic E-state index is 0.0442. The third kappa shape index (κ3) is 4.34. The number of aromatic nitrogens is 2. The van der Waals surface area contributed by atoms with E-state index in [1.165, 1.54) is 4.57 Å². The summed E-state index contributed by atoms with van der Waals surface area (Å²) >= 11 is 0. The van der Waals surface area contributed by atoms with Crippen LogP contribution in [0.25, 0.3) is 10.9 Å². The highest BCUT2D eigenvalue weighted by atomic mass is 16.2. The number of para-hydroxylation sites is 1. The van der Waals surface area contributed by atoms with Gasteiger partial charge in [0.2, 0.25) is 5.91 Å². The molecule has 1 N–H and O–H groups in total. The summed E-state index contributed by atoms with van der Waals surface area (Å²) in [6.45, 7) is 6.71. The maximum Gasteiger partial charge on any atom is 0.261 e. The van der Waals surface area contributed by atoms with Crippen LogP contribution in [-0.2, 0) is 11.3 Å². The van der Waals surface area contributed by atoms with Crippen LogP contribution < -0.4 is 10.9 Å². The van der Waals surface area contributed by atoms with E-state index in [1.807, 2.05) is 19.9 Å². The van der Waals surface area contributed by atoms with Crippen LogP contribution in [0.15, 0.2) is 53.3 Å². The number of carbonyl (C=O) groups excluding carboxylic acids is 2. The highest BCUT2D eigenvalue weighted by Crippen LogP contribution is 2.12. The van der Waals surface area contributed by atoms with Crippen LogP contribution >= 0.6 is 0 Å². The van der Waals surface area contributed by atoms with E-state index in [4.69, 9.17) is 0 Å². The van der Waals surface area contributed by atoms with E-state index in [2.05, 4.69) is 10.3 Å². The molecular weight excluding hydrogens is 368 g/mol. The molecule has 3 rings (SSSR count). The van der Waals surface area contributed by atoms with Crippen LogP contribution in [0.2, 0.25) is 0 Å². The topological polar surface area (TPSA) is 84.3 Å². The fourth-order valence-electron chi connectivity index (χ4n) is 3.20. The standard InChI is InChI=1S/C22H24N4O3/c1-4-25(5-2)21(28)16-10-12-17(13-11-16)24-20(27)14-26-15(3)23-19-9-7-6-8-18(19)22(26)29/h6-13H,4-5,14H2,1-3H3,(H,24,27). The first-order valence-electron chi connectivity index (χ1n) is 9.60. The first kappa shape index (κ1) is 20.3. The van der Waals surface area contributed by atoms with E-state index in [-0.39, 0.29) is 23.9 Å². The molecule has 150 valence electrons. The summed E-state index contributed by atoms with van der Waals surface area (Å²) in [5.41, 5.74) is 1.49. The predicted octanol–water partition coefficient (Wildman–Crippen LogP) is 2.83. The number of carbonyl (C=O) groups is 2. The van der Waals surface area contributed by atoms with Crippen molar-refractivity contribution in [3.05, 3.63) is 70.3 Å². The zero-order valence-electron chi connectivity index (χ0n) is 16.8. The number of hydrogen-bond donors (Lipinski definition) is 1. The summed E-state index contributed by atoms with van der Waals surface area (Å²) in [5.74, 6) is 0.0939. The molecule has 1 heterocycles. The summed E-state index contributed by atoms with van der Waals surface area (Å²) < 4.78 is 1.36. The van der Waals surface area contributed by atoms with Gasteiger partial charge in [0.15, 0.2) is 0 Å². The highest BCUT2D eigenvalue weighted by Gasteiger charge is 2.14. The minimum atomic E-state index is -0.338. The molecule has 0 fully saturated rings. The average molecular weight is 392 g/mol. The van der Waals surface area contributed by atoms with Crippen LogP contribution in [0.1, 0.15) is 30.0 Å². The second kappa shape index (κ2) is 8.68. The Morgan fingerprint density at radius 1 is 1.03 bits per heavy atom. The molecule has 0 saturated heterocycles. The first-order valence-corrected chi connectivity index (χ1v) is 9.60. The fourth-order valence-corrected chi connectivity index (χ4v) is 3.20. The van der Waals surface area contributed by atoms with Gasteiger partial charge in [0.25, 0.3) is 11.5 Å². The zero-order valence-corrected chi connectivity index (χ0v) is 16.8. The summed E-state index contributed by atoms with van der Waals surface area (Å²) in [6, 6.07) is 13.8. The molecule has 3 aromatic rings. The molecule has 0 unspecified atom stereocenters. The Morgan fingerprint density at radius 3 is 2.34 bits per heavy atom. The van der Waals surface area contributed by atoms with Gasteiger partial charge in [0.05, 0.1) is 10.9 Å². The Balaban J connectivity index is 1.74. The van der Waals surface area contributed by atoms with Crippen LogP contribution in [0.5, 0.6) is 0 Å². The molecule has 0 atom stereocenters. The van der Waals surface area contributed by atoms with E-state index in [0.29, 0.717) is 41.1 Å². The van der Waals surface area contributed by atoms with Crippen LogP contribution in [0, 0.1) is 6.92 Å². The van der Waals surface area contributed by atoms with E-state index in [0.717, 1.165) is 0 Å². The monoisotopic (exact) mass is 392 g/mol. The predicted molar refractivity (Wildman–Crippen MR) is 113 cm³/mol. The van der Waals surface area contributed by atoms with E-state index in [1.54, 1.807) is 54.3 Å². The molecule has 0 aliphatic rings. The molecule has 0 aliphatic heterocycles. The molecule has 7 heteroatoms. The number of anilines is 1. The van der Waals surface area contributed by atoms with Gasteiger partial charge in [0, 0.05) is 24.3 Å².